The van der Waals surface area contributed by atoms with Crippen LogP contribution in [0.2, 0.25) is 0 Å². The molecule has 1 atom stereocenters. The van der Waals surface area contributed by atoms with Crippen LogP contribution < -0.4 is 15.1 Å². The molecule has 8 nitrogen and oxygen atoms in total. The van der Waals surface area contributed by atoms with E-state index in [1.54, 1.807) is 0 Å². The largest absolute Gasteiger partial charge is 0.465 e. The second kappa shape index (κ2) is 6.71. The minimum absolute atomic E-state index is 0.00714. The van der Waals surface area contributed by atoms with Gasteiger partial charge >= 0.3 is 12.2 Å². The zero-order valence-electron chi connectivity index (χ0n) is 13.4. The van der Waals surface area contributed by atoms with Crippen LogP contribution in [0.1, 0.15) is 0 Å². The van der Waals surface area contributed by atoms with Gasteiger partial charge in [0, 0.05) is 32.3 Å². The Morgan fingerprint density at radius 3 is 2.56 bits per heavy atom. The second-order valence-electron chi connectivity index (χ2n) is 5.82. The zero-order chi connectivity index (χ0) is 18.1. The number of anilines is 2. The van der Waals surface area contributed by atoms with E-state index < -0.39 is 29.9 Å². The van der Waals surface area contributed by atoms with E-state index in [1.165, 1.54) is 12.0 Å². The van der Waals surface area contributed by atoms with Crippen molar-refractivity contribution in [3.8, 4) is 0 Å². The van der Waals surface area contributed by atoms with Crippen LogP contribution in [0.15, 0.2) is 12.1 Å². The number of carbonyl (C=O) groups excluding carboxylic acids is 1. The molecule has 2 heterocycles. The van der Waals surface area contributed by atoms with Crippen LogP contribution in [-0.4, -0.2) is 62.8 Å². The fraction of sp³-hybridized carbons (Fsp3) is 0.467. The van der Waals surface area contributed by atoms with Gasteiger partial charge in [-0.15, -0.1) is 0 Å². The second-order valence-corrected chi connectivity index (χ2v) is 5.82. The highest BCUT2D eigenvalue weighted by Crippen LogP contribution is 2.33. The summed E-state index contributed by atoms with van der Waals surface area (Å²) in [4.78, 5) is 24.9. The molecule has 2 saturated heterocycles. The number of halogens is 2. The molecule has 0 radical (unpaired) electrons. The van der Waals surface area contributed by atoms with E-state index >= 15 is 0 Å². The molecule has 0 unspecified atom stereocenters. The third kappa shape index (κ3) is 3.43. The number of hydrogen-bond donors (Lipinski definition) is 2. The molecule has 0 bridgehead atoms. The molecule has 2 N–H and O–H groups in total. The Morgan fingerprint density at radius 1 is 1.36 bits per heavy atom. The van der Waals surface area contributed by atoms with E-state index in [1.807, 2.05) is 0 Å². The number of ether oxygens (including phenoxy) is 2. The lowest BCUT2D eigenvalue weighted by atomic mass is 10.1. The van der Waals surface area contributed by atoms with Crippen LogP contribution in [0, 0.1) is 11.6 Å². The SMILES string of the molecule is COC1CN(c2c(F)cc(N3C[C@H](CNC(=O)O)OC3=O)cc2F)C1. The number of rotatable bonds is 5. The highest BCUT2D eigenvalue weighted by molar-refractivity contribution is 5.90. The number of benzene rings is 1. The standard InChI is InChI=1S/C15H17F2N3O5/c1-24-10-5-19(6-10)13-11(16)2-8(3-12(13)17)20-7-9(25-15(20)23)4-18-14(21)22/h2-3,9-10,18H,4-7H2,1H3,(H,21,22)/t9-/m0/s1. The van der Waals surface area contributed by atoms with Crippen molar-refractivity contribution in [3.63, 3.8) is 0 Å². The topological polar surface area (TPSA) is 91.3 Å². The number of amides is 2. The van der Waals surface area contributed by atoms with Crippen LogP contribution in [-0.2, 0) is 9.47 Å². The summed E-state index contributed by atoms with van der Waals surface area (Å²) in [7, 11) is 1.53. The van der Waals surface area contributed by atoms with Crippen LogP contribution in [0.5, 0.6) is 0 Å². The van der Waals surface area contributed by atoms with Gasteiger partial charge in [-0.25, -0.2) is 18.4 Å². The average Bonchev–Trinajstić information content (AvgIpc) is 2.87. The maximum atomic E-state index is 14.4. The van der Waals surface area contributed by atoms with Gasteiger partial charge in [0.05, 0.1) is 24.9 Å². The van der Waals surface area contributed by atoms with Crippen molar-refractivity contribution in [2.75, 3.05) is 43.1 Å². The summed E-state index contributed by atoms with van der Waals surface area (Å²) in [6.07, 6.45) is -2.83. The van der Waals surface area contributed by atoms with Crippen molar-refractivity contribution in [1.29, 1.82) is 0 Å². The fourth-order valence-electron chi connectivity index (χ4n) is 2.82. The molecule has 0 saturated carbocycles. The third-order valence-corrected chi connectivity index (χ3v) is 4.17. The van der Waals surface area contributed by atoms with Crippen LogP contribution in [0.25, 0.3) is 0 Å². The number of nitrogens with zero attached hydrogens (tertiary/aromatic N) is 2. The maximum absolute atomic E-state index is 14.4. The first-order valence-corrected chi connectivity index (χ1v) is 7.60. The summed E-state index contributed by atoms with van der Waals surface area (Å²) in [5.41, 5.74) is -0.140. The molecule has 1 aromatic rings. The Kier molecular flexibility index (Phi) is 4.62. The van der Waals surface area contributed by atoms with E-state index in [0.717, 1.165) is 17.0 Å². The highest BCUT2D eigenvalue weighted by atomic mass is 19.1. The first-order chi connectivity index (χ1) is 11.9. The molecular formula is C15H17F2N3O5. The van der Waals surface area contributed by atoms with Crippen LogP contribution >= 0.6 is 0 Å². The smallest absolute Gasteiger partial charge is 0.414 e. The summed E-state index contributed by atoms with van der Waals surface area (Å²) >= 11 is 0. The van der Waals surface area contributed by atoms with E-state index in [4.69, 9.17) is 14.6 Å². The lowest BCUT2D eigenvalue weighted by Crippen LogP contribution is -2.52. The number of carboxylic acid groups (broad SMARTS) is 1. The number of carbonyl (C=O) groups is 2. The molecule has 0 aromatic heterocycles. The van der Waals surface area contributed by atoms with Crippen molar-refractivity contribution in [1.82, 2.24) is 5.32 Å². The van der Waals surface area contributed by atoms with Gasteiger partial charge in [0.2, 0.25) is 0 Å². The lowest BCUT2D eigenvalue weighted by Gasteiger charge is -2.40. The highest BCUT2D eigenvalue weighted by Gasteiger charge is 2.35. The number of cyclic esters (lactones) is 1. The first-order valence-electron chi connectivity index (χ1n) is 7.60. The maximum Gasteiger partial charge on any atom is 0.414 e. The van der Waals surface area contributed by atoms with Gasteiger partial charge < -0.3 is 24.8 Å². The van der Waals surface area contributed by atoms with Crippen molar-refractivity contribution in [2.45, 2.75) is 12.2 Å². The number of methoxy groups -OCH3 is 1. The van der Waals surface area contributed by atoms with Gasteiger partial charge in [-0.1, -0.05) is 0 Å². The minimum atomic E-state index is -1.25. The monoisotopic (exact) mass is 357 g/mol. The predicted octanol–water partition coefficient (Wildman–Crippen LogP) is 1.39. The normalized spacial score (nSPS) is 20.4. The fourth-order valence-corrected chi connectivity index (χ4v) is 2.82. The molecule has 2 amide bonds. The van der Waals surface area contributed by atoms with Crippen molar-refractivity contribution in [3.05, 3.63) is 23.8 Å². The molecule has 3 rings (SSSR count). The average molecular weight is 357 g/mol. The van der Waals surface area contributed by atoms with Crippen molar-refractivity contribution in [2.24, 2.45) is 0 Å². The molecule has 136 valence electrons. The Hall–Kier alpha value is -2.62. The van der Waals surface area contributed by atoms with E-state index in [-0.39, 0.29) is 30.6 Å². The van der Waals surface area contributed by atoms with E-state index in [2.05, 4.69) is 5.32 Å². The third-order valence-electron chi connectivity index (χ3n) is 4.17. The van der Waals surface area contributed by atoms with Crippen LogP contribution in [0.3, 0.4) is 0 Å². The quantitative estimate of drug-likeness (QED) is 0.828. The molecule has 0 spiro atoms. The van der Waals surface area contributed by atoms with Gasteiger partial charge in [0.15, 0.2) is 11.6 Å². The molecule has 2 aliphatic heterocycles. The molecule has 10 heteroatoms. The predicted molar refractivity (Wildman–Crippen MR) is 83.0 cm³/mol. The van der Waals surface area contributed by atoms with Crippen LogP contribution in [0.4, 0.5) is 29.7 Å². The Balaban J connectivity index is 1.73. The summed E-state index contributed by atoms with van der Waals surface area (Å²) < 4.78 is 38.8. The zero-order valence-corrected chi connectivity index (χ0v) is 13.4. The minimum Gasteiger partial charge on any atom is -0.465 e. The molecule has 1 aromatic carbocycles. The summed E-state index contributed by atoms with van der Waals surface area (Å²) in [5.74, 6) is -1.58. The van der Waals surface area contributed by atoms with Gasteiger partial charge in [0.1, 0.15) is 11.8 Å². The molecule has 25 heavy (non-hydrogen) atoms. The van der Waals surface area contributed by atoms with Crippen molar-refractivity contribution >= 4 is 23.6 Å². The first kappa shape index (κ1) is 17.2. The molecular weight excluding hydrogens is 340 g/mol. The van der Waals surface area contributed by atoms with Crippen molar-refractivity contribution < 1.29 is 33.0 Å². The van der Waals surface area contributed by atoms with Gasteiger partial charge in [0.25, 0.3) is 0 Å². The van der Waals surface area contributed by atoms with Gasteiger partial charge in [-0.05, 0) is 0 Å². The number of hydrogen-bond acceptors (Lipinski definition) is 5. The van der Waals surface area contributed by atoms with E-state index in [9.17, 15) is 18.4 Å². The Bertz CT molecular complexity index is 673. The van der Waals surface area contributed by atoms with Gasteiger partial charge in [-0.3, -0.25) is 4.90 Å². The summed E-state index contributed by atoms with van der Waals surface area (Å²) in [6.45, 7) is 0.663. The van der Waals surface area contributed by atoms with E-state index in [0.29, 0.717) is 13.1 Å². The molecule has 2 aliphatic rings. The molecule has 0 aliphatic carbocycles. The van der Waals surface area contributed by atoms with Gasteiger partial charge in [-0.2, -0.15) is 0 Å². The summed E-state index contributed by atoms with van der Waals surface area (Å²) in [6, 6.07) is 2.12. The summed E-state index contributed by atoms with van der Waals surface area (Å²) in [5, 5.41) is 10.7. The number of nitrogens with one attached hydrogen (secondary N) is 1. The Morgan fingerprint density at radius 2 is 2.00 bits per heavy atom. The Labute approximate surface area is 141 Å². The molecule has 2 fully saturated rings. The lowest BCUT2D eigenvalue weighted by molar-refractivity contribution is 0.0780.